The summed E-state index contributed by atoms with van der Waals surface area (Å²) in [4.78, 5) is 18.8. The highest BCUT2D eigenvalue weighted by molar-refractivity contribution is 7.90. The molecule has 164 valence electrons. The maximum atomic E-state index is 13.1. The van der Waals surface area contributed by atoms with Crippen LogP contribution >= 0.6 is 11.6 Å². The van der Waals surface area contributed by atoms with E-state index in [0.29, 0.717) is 29.7 Å². The van der Waals surface area contributed by atoms with Crippen LogP contribution in [0.3, 0.4) is 0 Å². The molecule has 2 aromatic carbocycles. The third kappa shape index (κ3) is 4.85. The molecule has 0 bridgehead atoms. The number of sulfone groups is 1. The van der Waals surface area contributed by atoms with Crippen LogP contribution in [0.25, 0.3) is 0 Å². The monoisotopic (exact) mass is 459 g/mol. The Morgan fingerprint density at radius 1 is 1.10 bits per heavy atom. The van der Waals surface area contributed by atoms with E-state index < -0.39 is 9.84 Å². The molecule has 1 aliphatic heterocycles. The van der Waals surface area contributed by atoms with Crippen molar-refractivity contribution >= 4 is 32.9 Å². The van der Waals surface area contributed by atoms with Crippen LogP contribution in [0.15, 0.2) is 52.5 Å². The van der Waals surface area contributed by atoms with Gasteiger partial charge in [0, 0.05) is 36.1 Å². The van der Waals surface area contributed by atoms with Gasteiger partial charge in [-0.25, -0.2) is 8.42 Å². The molecule has 0 aromatic heterocycles. The molecule has 0 N–H and O–H groups in total. The topological polar surface area (TPSA) is 72.8 Å². The van der Waals surface area contributed by atoms with E-state index in [1.165, 1.54) is 6.07 Å². The Labute approximate surface area is 188 Å². The zero-order chi connectivity index (χ0) is 22.0. The van der Waals surface area contributed by atoms with Crippen LogP contribution in [0.4, 0.5) is 0 Å². The zero-order valence-corrected chi connectivity index (χ0v) is 19.1. The molecule has 1 aliphatic carbocycles. The number of benzene rings is 2. The first-order valence-electron chi connectivity index (χ1n) is 10.7. The highest BCUT2D eigenvalue weighted by Gasteiger charge is 2.32. The molecule has 1 atom stereocenters. The van der Waals surface area contributed by atoms with Crippen LogP contribution in [0.5, 0.6) is 0 Å². The number of oxime groups is 1. The second-order valence-corrected chi connectivity index (χ2v) is 10.8. The standard InChI is InChI=1S/C24H26ClNO4S/c1-31(28,29)21-13-12-19(24(27)17-10-6-3-7-11-17)23(25)22(21)20-15-18(30-26-20)14-16-8-4-2-5-9-16/h2,4-5,8-9,12-13,17-18H,3,6-7,10-11,14-15H2,1H3. The molecule has 2 aliphatic rings. The van der Waals surface area contributed by atoms with Crippen LogP contribution in [-0.2, 0) is 21.1 Å². The maximum absolute atomic E-state index is 13.1. The number of carbonyl (C=O) groups is 1. The number of nitrogens with zero attached hydrogens (tertiary/aromatic N) is 1. The summed E-state index contributed by atoms with van der Waals surface area (Å²) < 4.78 is 25.0. The summed E-state index contributed by atoms with van der Waals surface area (Å²) in [6.07, 6.45) is 6.92. The Morgan fingerprint density at radius 3 is 2.48 bits per heavy atom. The molecule has 31 heavy (non-hydrogen) atoms. The number of hydrogen-bond acceptors (Lipinski definition) is 5. The van der Waals surface area contributed by atoms with Crippen molar-refractivity contribution in [3.63, 3.8) is 0 Å². The average molecular weight is 460 g/mol. The van der Waals surface area contributed by atoms with E-state index in [1.54, 1.807) is 6.07 Å². The highest BCUT2D eigenvalue weighted by Crippen LogP contribution is 2.35. The Balaban J connectivity index is 1.66. The van der Waals surface area contributed by atoms with Crippen molar-refractivity contribution in [1.82, 2.24) is 0 Å². The molecule has 1 unspecified atom stereocenters. The van der Waals surface area contributed by atoms with Gasteiger partial charge in [0.2, 0.25) is 0 Å². The first kappa shape index (κ1) is 22.0. The van der Waals surface area contributed by atoms with Gasteiger partial charge >= 0.3 is 0 Å². The number of hydrogen-bond donors (Lipinski definition) is 0. The lowest BCUT2D eigenvalue weighted by Crippen LogP contribution is -2.20. The molecule has 0 radical (unpaired) electrons. The van der Waals surface area contributed by atoms with E-state index >= 15 is 0 Å². The average Bonchev–Trinajstić information content (AvgIpc) is 3.21. The molecular weight excluding hydrogens is 434 g/mol. The molecular formula is C24H26ClNO4S. The Morgan fingerprint density at radius 2 is 1.81 bits per heavy atom. The molecule has 4 rings (SSSR count). The fraction of sp³-hybridized carbons (Fsp3) is 0.417. The molecule has 5 nitrogen and oxygen atoms in total. The molecule has 1 fully saturated rings. The Kier molecular flexibility index (Phi) is 6.49. The van der Waals surface area contributed by atoms with Gasteiger partial charge in [0.25, 0.3) is 0 Å². The second-order valence-electron chi connectivity index (χ2n) is 8.43. The van der Waals surface area contributed by atoms with Crippen molar-refractivity contribution in [3.05, 3.63) is 64.2 Å². The predicted octanol–water partition coefficient (Wildman–Crippen LogP) is 5.24. The molecule has 1 heterocycles. The normalized spacial score (nSPS) is 19.7. The minimum atomic E-state index is -3.57. The lowest BCUT2D eigenvalue weighted by molar-refractivity contribution is 0.0859. The van der Waals surface area contributed by atoms with Crippen molar-refractivity contribution in [3.8, 4) is 0 Å². The van der Waals surface area contributed by atoms with E-state index in [2.05, 4.69) is 5.16 Å². The summed E-state index contributed by atoms with van der Waals surface area (Å²) in [5.74, 6) is -0.0675. The van der Waals surface area contributed by atoms with Crippen LogP contribution in [-0.4, -0.2) is 32.3 Å². The first-order valence-corrected chi connectivity index (χ1v) is 13.0. The van der Waals surface area contributed by atoms with Crippen molar-refractivity contribution in [2.24, 2.45) is 11.1 Å². The summed E-state index contributed by atoms with van der Waals surface area (Å²) in [5.41, 5.74) is 2.27. The number of halogens is 1. The van der Waals surface area contributed by atoms with Gasteiger partial charge in [0.15, 0.2) is 15.6 Å². The van der Waals surface area contributed by atoms with Gasteiger partial charge in [0.05, 0.1) is 15.6 Å². The molecule has 7 heteroatoms. The van der Waals surface area contributed by atoms with Crippen molar-refractivity contribution < 1.29 is 18.0 Å². The van der Waals surface area contributed by atoms with Gasteiger partial charge in [-0.15, -0.1) is 0 Å². The van der Waals surface area contributed by atoms with E-state index in [4.69, 9.17) is 16.4 Å². The van der Waals surface area contributed by atoms with Gasteiger partial charge in [-0.1, -0.05) is 66.4 Å². The van der Waals surface area contributed by atoms with Gasteiger partial charge in [0.1, 0.15) is 6.10 Å². The number of rotatable bonds is 6. The fourth-order valence-corrected chi connectivity index (χ4v) is 5.80. The van der Waals surface area contributed by atoms with Crippen molar-refractivity contribution in [2.45, 2.75) is 55.9 Å². The van der Waals surface area contributed by atoms with Crippen LogP contribution in [0.1, 0.15) is 60.0 Å². The van der Waals surface area contributed by atoms with Crippen molar-refractivity contribution in [2.75, 3.05) is 6.26 Å². The maximum Gasteiger partial charge on any atom is 0.176 e. The van der Waals surface area contributed by atoms with E-state index in [0.717, 1.165) is 43.9 Å². The lowest BCUT2D eigenvalue weighted by Gasteiger charge is -2.21. The Hall–Kier alpha value is -2.18. The predicted molar refractivity (Wildman–Crippen MR) is 122 cm³/mol. The summed E-state index contributed by atoms with van der Waals surface area (Å²) in [5, 5.41) is 4.36. The zero-order valence-electron chi connectivity index (χ0n) is 17.5. The first-order chi connectivity index (χ1) is 14.8. The van der Waals surface area contributed by atoms with Crippen LogP contribution in [0.2, 0.25) is 5.02 Å². The summed E-state index contributed by atoms with van der Waals surface area (Å²) in [7, 11) is -3.57. The minimum absolute atomic E-state index is 0.00801. The van der Waals surface area contributed by atoms with E-state index in [-0.39, 0.29) is 27.7 Å². The largest absolute Gasteiger partial charge is 0.391 e. The fourth-order valence-electron chi connectivity index (χ4n) is 4.47. The van der Waals surface area contributed by atoms with Crippen LogP contribution in [0, 0.1) is 5.92 Å². The minimum Gasteiger partial charge on any atom is -0.391 e. The van der Waals surface area contributed by atoms with Gasteiger partial charge in [-0.05, 0) is 30.5 Å². The van der Waals surface area contributed by atoms with Crippen LogP contribution < -0.4 is 0 Å². The van der Waals surface area contributed by atoms with Gasteiger partial charge < -0.3 is 4.84 Å². The summed E-state index contributed by atoms with van der Waals surface area (Å²) in [6, 6.07) is 12.9. The number of ketones is 1. The Bertz CT molecular complexity index is 1110. The lowest BCUT2D eigenvalue weighted by atomic mass is 9.83. The van der Waals surface area contributed by atoms with Gasteiger partial charge in [-0.2, -0.15) is 0 Å². The SMILES string of the molecule is CS(=O)(=O)c1ccc(C(=O)C2CCCCC2)c(Cl)c1C1=NOC(Cc2ccccc2)C1. The molecule has 2 aromatic rings. The highest BCUT2D eigenvalue weighted by atomic mass is 35.5. The second kappa shape index (κ2) is 9.13. The third-order valence-corrected chi connectivity index (χ3v) is 7.60. The smallest absolute Gasteiger partial charge is 0.176 e. The van der Waals surface area contributed by atoms with Crippen molar-refractivity contribution in [1.29, 1.82) is 0 Å². The van der Waals surface area contributed by atoms with E-state index in [1.807, 2.05) is 30.3 Å². The van der Waals surface area contributed by atoms with E-state index in [9.17, 15) is 13.2 Å². The quantitative estimate of drug-likeness (QED) is 0.553. The third-order valence-electron chi connectivity index (χ3n) is 6.07. The molecule has 0 amide bonds. The molecule has 0 spiro atoms. The summed E-state index contributed by atoms with van der Waals surface area (Å²) >= 11 is 6.70. The molecule has 1 saturated carbocycles. The number of Topliss-reactive ketones (excluding diaryl/α,β-unsaturated/α-hetero) is 1. The number of carbonyl (C=O) groups excluding carboxylic acids is 1. The van der Waals surface area contributed by atoms with Gasteiger partial charge in [-0.3, -0.25) is 4.79 Å². The molecule has 0 saturated heterocycles. The summed E-state index contributed by atoms with van der Waals surface area (Å²) in [6.45, 7) is 0.